The fourth-order valence-corrected chi connectivity index (χ4v) is 1.71. The van der Waals surface area contributed by atoms with Crippen LogP contribution >= 0.6 is 0 Å². The lowest BCUT2D eigenvalue weighted by atomic mass is 10.1. The predicted molar refractivity (Wildman–Crippen MR) is 71.0 cm³/mol. The van der Waals surface area contributed by atoms with Gasteiger partial charge in [-0.15, -0.1) is 0 Å². The molecule has 6 N–H and O–H groups in total. The number of aromatic nitrogens is 4. The molecule has 1 unspecified atom stereocenters. The third-order valence-electron chi connectivity index (χ3n) is 2.76. The van der Waals surface area contributed by atoms with E-state index in [2.05, 4.69) is 31.6 Å². The highest BCUT2D eigenvalue weighted by molar-refractivity contribution is 6.05. The molecule has 2 aromatic rings. The number of aromatic amines is 1. The number of nitrogens with zero attached hydrogens (tertiary/aromatic N) is 3. The fourth-order valence-electron chi connectivity index (χ4n) is 1.71. The third kappa shape index (κ3) is 3.12. The number of hydrogen-bond acceptors (Lipinski definition) is 8. The first kappa shape index (κ1) is 14.8. The summed E-state index contributed by atoms with van der Waals surface area (Å²) in [6.45, 7) is 1.84. The number of imide groups is 1. The lowest BCUT2D eigenvalue weighted by Crippen LogP contribution is -2.45. The number of carbonyl (C=O) groups excluding carboxylic acids is 2. The Morgan fingerprint density at radius 1 is 1.48 bits per heavy atom. The van der Waals surface area contributed by atoms with Crippen molar-refractivity contribution in [1.29, 1.82) is 0 Å². The van der Waals surface area contributed by atoms with E-state index in [1.807, 2.05) is 12.4 Å². The van der Waals surface area contributed by atoms with Crippen LogP contribution in [0.3, 0.4) is 0 Å². The maximum atomic E-state index is 11.9. The topological polar surface area (TPSA) is 159 Å². The second-order valence-corrected chi connectivity index (χ2v) is 4.28. The molecular weight excluding hydrogens is 278 g/mol. The van der Waals surface area contributed by atoms with Crippen LogP contribution in [-0.4, -0.2) is 43.0 Å². The van der Waals surface area contributed by atoms with E-state index >= 15 is 0 Å². The van der Waals surface area contributed by atoms with Crippen molar-refractivity contribution in [2.45, 2.75) is 25.8 Å². The van der Waals surface area contributed by atoms with E-state index in [0.717, 1.165) is 0 Å². The highest BCUT2D eigenvalue weighted by Gasteiger charge is 2.22. The van der Waals surface area contributed by atoms with E-state index < -0.39 is 17.9 Å². The molecule has 1 atom stereocenters. The summed E-state index contributed by atoms with van der Waals surface area (Å²) in [5.74, 6) is -1.47. The van der Waals surface area contributed by atoms with Crippen molar-refractivity contribution in [3.8, 4) is 0 Å². The number of hydrogen-bond donors (Lipinski definition) is 5. The summed E-state index contributed by atoms with van der Waals surface area (Å²) in [6, 6.07) is -0.874. The molecule has 0 aliphatic heterocycles. The summed E-state index contributed by atoms with van der Waals surface area (Å²) in [6.07, 6.45) is 3.34. The zero-order chi connectivity index (χ0) is 15.4. The number of carbonyl (C=O) groups is 2. The predicted octanol–water partition coefficient (Wildman–Crippen LogP) is -0.861. The first-order chi connectivity index (χ1) is 10.1. The van der Waals surface area contributed by atoms with Crippen molar-refractivity contribution in [3.63, 3.8) is 0 Å². The third-order valence-corrected chi connectivity index (χ3v) is 2.76. The molecule has 0 aliphatic rings. The monoisotopic (exact) mass is 292 g/mol. The van der Waals surface area contributed by atoms with Crippen LogP contribution in [0.15, 0.2) is 0 Å². The molecule has 2 aromatic heterocycles. The Balaban J connectivity index is 2.15. The Kier molecular flexibility index (Phi) is 4.40. The lowest BCUT2D eigenvalue weighted by molar-refractivity contribution is -0.124. The number of nitrogens with two attached hydrogens (primary N) is 1. The van der Waals surface area contributed by atoms with Gasteiger partial charge in [0.15, 0.2) is 22.8 Å². The molecule has 21 heavy (non-hydrogen) atoms. The highest BCUT2D eigenvalue weighted by atomic mass is 16.5. The van der Waals surface area contributed by atoms with Gasteiger partial charge in [-0.1, -0.05) is 13.3 Å². The molecule has 2 heterocycles. The maximum Gasteiger partial charge on any atom is 0.293 e. The molecule has 10 heteroatoms. The average Bonchev–Trinajstić information content (AvgIpc) is 2.90. The van der Waals surface area contributed by atoms with Gasteiger partial charge in [-0.05, 0) is 6.42 Å². The molecule has 0 fully saturated rings. The molecule has 0 aromatic carbocycles. The molecule has 2 rings (SSSR count). The summed E-state index contributed by atoms with van der Waals surface area (Å²) < 4.78 is 0. The van der Waals surface area contributed by atoms with Gasteiger partial charge in [0, 0.05) is 0 Å². The van der Waals surface area contributed by atoms with Crippen LogP contribution in [0.2, 0.25) is 0 Å². The number of H-pyrrole nitrogens is 1. The Labute approximate surface area is 119 Å². The van der Waals surface area contributed by atoms with Crippen LogP contribution in [0.5, 0.6) is 0 Å². The number of imidazole rings is 1. The Hall–Kier alpha value is -2.59. The van der Waals surface area contributed by atoms with E-state index in [4.69, 9.17) is 10.9 Å². The van der Waals surface area contributed by atoms with Gasteiger partial charge in [0.05, 0.1) is 0 Å². The van der Waals surface area contributed by atoms with Gasteiger partial charge in [0.25, 0.3) is 5.91 Å². The zero-order valence-electron chi connectivity index (χ0n) is 11.2. The quantitative estimate of drug-likeness (QED) is 0.445. The highest BCUT2D eigenvalue weighted by Crippen LogP contribution is 2.12. The summed E-state index contributed by atoms with van der Waals surface area (Å²) in [5, 5.41) is 11.0. The van der Waals surface area contributed by atoms with E-state index in [0.29, 0.717) is 12.8 Å². The Bertz CT molecular complexity index is 669. The van der Waals surface area contributed by atoms with Crippen LogP contribution in [0.1, 0.15) is 30.4 Å². The van der Waals surface area contributed by atoms with Gasteiger partial charge >= 0.3 is 0 Å². The van der Waals surface area contributed by atoms with E-state index in [-0.39, 0.29) is 22.8 Å². The molecule has 0 spiro atoms. The van der Waals surface area contributed by atoms with Crippen LogP contribution in [0.4, 0.5) is 5.82 Å². The first-order valence-electron chi connectivity index (χ1n) is 6.20. The summed E-state index contributed by atoms with van der Waals surface area (Å²) in [5.41, 5.74) is 7.89. The summed E-state index contributed by atoms with van der Waals surface area (Å²) in [7, 11) is 0. The van der Waals surface area contributed by atoms with Crippen LogP contribution < -0.4 is 16.5 Å². The van der Waals surface area contributed by atoms with Gasteiger partial charge in [-0.3, -0.25) is 14.9 Å². The van der Waals surface area contributed by atoms with Crippen LogP contribution in [0.25, 0.3) is 11.2 Å². The fraction of sp³-hybridized carbons (Fsp3) is 0.364. The Morgan fingerprint density at radius 2 is 2.24 bits per heavy atom. The maximum absolute atomic E-state index is 11.9. The molecule has 0 saturated carbocycles. The lowest BCUT2D eigenvalue weighted by Gasteiger charge is -2.12. The van der Waals surface area contributed by atoms with Crippen molar-refractivity contribution >= 4 is 28.8 Å². The molecule has 0 aliphatic carbocycles. The van der Waals surface area contributed by atoms with Crippen molar-refractivity contribution < 1.29 is 14.8 Å². The number of rotatable bonds is 5. The first-order valence-corrected chi connectivity index (χ1v) is 6.20. The van der Waals surface area contributed by atoms with Crippen LogP contribution in [-0.2, 0) is 4.79 Å². The minimum atomic E-state index is -0.874. The summed E-state index contributed by atoms with van der Waals surface area (Å²) in [4.78, 5) is 37.6. The van der Waals surface area contributed by atoms with E-state index in [1.54, 1.807) is 0 Å². The van der Waals surface area contributed by atoms with Crippen molar-refractivity contribution in [2.75, 3.05) is 5.73 Å². The molecule has 2 amide bonds. The number of anilines is 1. The number of amides is 2. The second-order valence-electron chi connectivity index (χ2n) is 4.28. The van der Waals surface area contributed by atoms with E-state index in [1.165, 1.54) is 0 Å². The number of hydroxylamine groups is 1. The SMILES string of the molecule is CCCC(NO)C(=O)NC(=O)c1nc2c(N)n[c]nc2[nH]1. The zero-order valence-corrected chi connectivity index (χ0v) is 11.2. The van der Waals surface area contributed by atoms with Gasteiger partial charge in [0.2, 0.25) is 12.2 Å². The summed E-state index contributed by atoms with van der Waals surface area (Å²) >= 11 is 0. The van der Waals surface area contributed by atoms with Crippen LogP contribution in [0, 0.1) is 6.33 Å². The van der Waals surface area contributed by atoms with Gasteiger partial charge in [-0.2, -0.15) is 5.48 Å². The van der Waals surface area contributed by atoms with Crippen molar-refractivity contribution in [3.05, 3.63) is 12.2 Å². The number of fused-ring (bicyclic) bond motifs is 1. The molecule has 0 saturated heterocycles. The molecule has 111 valence electrons. The molecule has 0 bridgehead atoms. The minimum absolute atomic E-state index is 0.0718. The second kappa shape index (κ2) is 6.24. The molecule has 10 nitrogen and oxygen atoms in total. The Morgan fingerprint density at radius 3 is 2.86 bits per heavy atom. The standard InChI is InChI=1S/C11H14N7O3/c1-2-3-5(18-21)10(19)17-11(20)9-15-6-7(12)13-4-14-8(6)16-9/h5,18,21H,2-3H2,1H3,(H,17,19,20)(H3,12,13,14,15,16). The van der Waals surface area contributed by atoms with E-state index in [9.17, 15) is 9.59 Å². The molecular formula is C11H14N7O3. The molecule has 1 radical (unpaired) electrons. The van der Waals surface area contributed by atoms with Gasteiger partial charge < -0.3 is 15.9 Å². The minimum Gasteiger partial charge on any atom is -0.382 e. The number of nitrogens with one attached hydrogen (secondary N) is 3. The largest absolute Gasteiger partial charge is 0.382 e. The van der Waals surface area contributed by atoms with Gasteiger partial charge in [0.1, 0.15) is 6.04 Å². The number of nitrogen functional groups attached to an aromatic ring is 1. The normalized spacial score (nSPS) is 12.3. The average molecular weight is 292 g/mol. The van der Waals surface area contributed by atoms with Gasteiger partial charge in [-0.25, -0.2) is 15.0 Å². The van der Waals surface area contributed by atoms with Crippen molar-refractivity contribution in [1.82, 2.24) is 30.7 Å². The van der Waals surface area contributed by atoms with Crippen molar-refractivity contribution in [2.24, 2.45) is 0 Å². The smallest absolute Gasteiger partial charge is 0.293 e.